The summed E-state index contributed by atoms with van der Waals surface area (Å²) in [5.74, 6) is -1.04. The first-order valence-electron chi connectivity index (χ1n) is 6.37. The average molecular weight is 302 g/mol. The minimum absolute atomic E-state index is 0.0433. The van der Waals surface area contributed by atoms with Gasteiger partial charge in [-0.05, 0) is 19.1 Å². The number of aromatic carboxylic acids is 1. The van der Waals surface area contributed by atoms with Crippen molar-refractivity contribution in [1.82, 2.24) is 14.8 Å². The van der Waals surface area contributed by atoms with Crippen LogP contribution in [-0.4, -0.2) is 25.8 Å². The molecule has 0 fully saturated rings. The maximum atomic E-state index is 11.3. The largest absolute Gasteiger partial charge is 0.476 e. The van der Waals surface area contributed by atoms with E-state index in [9.17, 15) is 9.90 Å². The van der Waals surface area contributed by atoms with Gasteiger partial charge >= 0.3 is 5.97 Å². The Balaban J connectivity index is 2.10. The molecule has 0 unspecified atom stereocenters. The zero-order valence-corrected chi connectivity index (χ0v) is 12.0. The van der Waals surface area contributed by atoms with Crippen molar-refractivity contribution in [3.05, 3.63) is 58.5 Å². The number of rotatable bonds is 3. The van der Waals surface area contributed by atoms with E-state index in [1.54, 1.807) is 16.8 Å². The smallest absolute Gasteiger partial charge is 0.357 e. The monoisotopic (exact) mass is 301 g/mol. The predicted molar refractivity (Wildman–Crippen MR) is 79.8 cm³/mol. The first-order chi connectivity index (χ1) is 10.1. The van der Waals surface area contributed by atoms with E-state index in [4.69, 9.17) is 11.6 Å². The van der Waals surface area contributed by atoms with Crippen LogP contribution in [0, 0.1) is 6.92 Å². The third kappa shape index (κ3) is 2.48. The zero-order valence-electron chi connectivity index (χ0n) is 11.2. The molecule has 5 nitrogen and oxygen atoms in total. The summed E-state index contributed by atoms with van der Waals surface area (Å²) >= 11 is 6.13. The third-order valence-electron chi connectivity index (χ3n) is 3.25. The molecular formula is C15H12ClN3O2. The average Bonchev–Trinajstić information content (AvgIpc) is 2.81. The fraction of sp³-hybridized carbons (Fsp3) is 0.133. The van der Waals surface area contributed by atoms with Crippen LogP contribution < -0.4 is 0 Å². The minimum atomic E-state index is -1.04. The number of fused-ring (bicyclic) bond motifs is 1. The number of halogens is 1. The van der Waals surface area contributed by atoms with Crippen LogP contribution in [0.25, 0.3) is 10.9 Å². The third-order valence-corrected chi connectivity index (χ3v) is 3.57. The quantitative estimate of drug-likeness (QED) is 0.755. The van der Waals surface area contributed by atoms with E-state index in [0.717, 1.165) is 16.8 Å². The van der Waals surface area contributed by atoms with Gasteiger partial charge < -0.3 is 5.11 Å². The summed E-state index contributed by atoms with van der Waals surface area (Å²) in [6.07, 6.45) is 0. The number of pyridine rings is 1. The molecule has 0 amide bonds. The van der Waals surface area contributed by atoms with E-state index in [2.05, 4.69) is 10.1 Å². The second-order valence-corrected chi connectivity index (χ2v) is 5.09. The number of nitrogens with zero attached hydrogens (tertiary/aromatic N) is 3. The maximum absolute atomic E-state index is 11.3. The molecule has 0 bridgehead atoms. The van der Waals surface area contributed by atoms with Gasteiger partial charge in [-0.2, -0.15) is 5.10 Å². The molecule has 106 valence electrons. The van der Waals surface area contributed by atoms with Crippen molar-refractivity contribution in [2.24, 2.45) is 0 Å². The molecule has 3 aromatic rings. The Labute approximate surface area is 125 Å². The Morgan fingerprint density at radius 2 is 2.05 bits per heavy atom. The number of para-hydroxylation sites is 1. The van der Waals surface area contributed by atoms with Crippen LogP contribution in [0.4, 0.5) is 0 Å². The molecule has 0 aliphatic heterocycles. The van der Waals surface area contributed by atoms with E-state index in [-0.39, 0.29) is 5.69 Å². The Bertz CT molecular complexity index is 842. The zero-order chi connectivity index (χ0) is 15.0. The number of carbonyl (C=O) groups is 1. The maximum Gasteiger partial charge on any atom is 0.357 e. The fourth-order valence-electron chi connectivity index (χ4n) is 2.24. The topological polar surface area (TPSA) is 68.0 Å². The van der Waals surface area contributed by atoms with E-state index in [0.29, 0.717) is 17.1 Å². The first kappa shape index (κ1) is 13.6. The van der Waals surface area contributed by atoms with Crippen molar-refractivity contribution in [2.75, 3.05) is 0 Å². The Morgan fingerprint density at radius 3 is 2.76 bits per heavy atom. The van der Waals surface area contributed by atoms with Gasteiger partial charge in [-0.15, -0.1) is 0 Å². The summed E-state index contributed by atoms with van der Waals surface area (Å²) in [5, 5.41) is 14.4. The van der Waals surface area contributed by atoms with Crippen LogP contribution in [-0.2, 0) is 6.54 Å². The van der Waals surface area contributed by atoms with Crippen LogP contribution in [0.3, 0.4) is 0 Å². The molecule has 0 saturated carbocycles. The van der Waals surface area contributed by atoms with Crippen molar-refractivity contribution in [2.45, 2.75) is 13.5 Å². The molecule has 1 aromatic carbocycles. The van der Waals surface area contributed by atoms with E-state index >= 15 is 0 Å². The highest BCUT2D eigenvalue weighted by Crippen LogP contribution is 2.21. The lowest BCUT2D eigenvalue weighted by Gasteiger charge is -2.06. The predicted octanol–water partition coefficient (Wildman–Crippen LogP) is 3.14. The summed E-state index contributed by atoms with van der Waals surface area (Å²) in [4.78, 5) is 15.5. The van der Waals surface area contributed by atoms with Crippen LogP contribution in [0.2, 0.25) is 5.15 Å². The molecule has 0 atom stereocenters. The van der Waals surface area contributed by atoms with Crippen LogP contribution in [0.5, 0.6) is 0 Å². The molecule has 0 spiro atoms. The fourth-order valence-corrected chi connectivity index (χ4v) is 2.50. The van der Waals surface area contributed by atoms with Gasteiger partial charge in [0.25, 0.3) is 0 Å². The highest BCUT2D eigenvalue weighted by molar-refractivity contribution is 6.30. The second-order valence-electron chi connectivity index (χ2n) is 4.73. The lowest BCUT2D eigenvalue weighted by atomic mass is 10.2. The van der Waals surface area contributed by atoms with Gasteiger partial charge in [0, 0.05) is 16.6 Å². The number of carboxylic acids is 1. The summed E-state index contributed by atoms with van der Waals surface area (Å²) in [6, 6.07) is 11.0. The summed E-state index contributed by atoms with van der Waals surface area (Å²) < 4.78 is 1.64. The normalized spacial score (nSPS) is 11.0. The number of aromatic nitrogens is 3. The molecule has 2 aromatic heterocycles. The molecule has 0 radical (unpaired) electrons. The molecular weight excluding hydrogens is 290 g/mol. The molecule has 2 heterocycles. The lowest BCUT2D eigenvalue weighted by molar-refractivity contribution is 0.0691. The van der Waals surface area contributed by atoms with Crippen molar-refractivity contribution < 1.29 is 9.90 Å². The summed E-state index contributed by atoms with van der Waals surface area (Å²) in [5.41, 5.74) is 2.43. The van der Waals surface area contributed by atoms with Gasteiger partial charge in [-0.3, -0.25) is 4.68 Å². The molecule has 6 heteroatoms. The van der Waals surface area contributed by atoms with Gasteiger partial charge in [0.2, 0.25) is 0 Å². The molecule has 0 aliphatic carbocycles. The highest BCUT2D eigenvalue weighted by Gasteiger charge is 2.16. The number of aryl methyl sites for hydroxylation is 1. The number of benzene rings is 1. The summed E-state index contributed by atoms with van der Waals surface area (Å²) in [7, 11) is 0. The molecule has 1 N–H and O–H groups in total. The Morgan fingerprint density at radius 1 is 1.29 bits per heavy atom. The first-order valence-corrected chi connectivity index (χ1v) is 6.75. The number of hydrogen-bond acceptors (Lipinski definition) is 3. The SMILES string of the molecule is Cc1ccc(Cn2nc(C(=O)O)c3ccccc32)c(Cl)n1. The van der Waals surface area contributed by atoms with Gasteiger partial charge in [-0.25, -0.2) is 9.78 Å². The van der Waals surface area contributed by atoms with Crippen molar-refractivity contribution in [1.29, 1.82) is 0 Å². The molecule has 3 rings (SSSR count). The van der Waals surface area contributed by atoms with Gasteiger partial charge in [0.05, 0.1) is 12.1 Å². The molecule has 0 saturated heterocycles. The van der Waals surface area contributed by atoms with Gasteiger partial charge in [0.1, 0.15) is 5.15 Å². The van der Waals surface area contributed by atoms with E-state index in [1.807, 2.05) is 31.2 Å². The van der Waals surface area contributed by atoms with Crippen molar-refractivity contribution >= 4 is 28.5 Å². The van der Waals surface area contributed by atoms with Gasteiger partial charge in [-0.1, -0.05) is 35.9 Å². The van der Waals surface area contributed by atoms with Crippen molar-refractivity contribution in [3.63, 3.8) is 0 Å². The molecule has 0 aliphatic rings. The minimum Gasteiger partial charge on any atom is -0.476 e. The standard InChI is InChI=1S/C15H12ClN3O2/c1-9-6-7-10(14(16)17-9)8-19-12-5-3-2-4-11(12)13(18-19)15(20)21/h2-7H,8H2,1H3,(H,20,21). The Kier molecular flexibility index (Phi) is 3.35. The number of carboxylic acid groups (broad SMARTS) is 1. The highest BCUT2D eigenvalue weighted by atomic mass is 35.5. The number of hydrogen-bond donors (Lipinski definition) is 1. The second kappa shape index (κ2) is 5.18. The van der Waals surface area contributed by atoms with E-state index in [1.165, 1.54) is 0 Å². The Hall–Kier alpha value is -2.40. The van der Waals surface area contributed by atoms with Crippen LogP contribution >= 0.6 is 11.6 Å². The van der Waals surface area contributed by atoms with Crippen LogP contribution in [0.1, 0.15) is 21.7 Å². The summed E-state index contributed by atoms with van der Waals surface area (Å²) in [6.45, 7) is 2.24. The van der Waals surface area contributed by atoms with Gasteiger partial charge in [0.15, 0.2) is 5.69 Å². The van der Waals surface area contributed by atoms with E-state index < -0.39 is 5.97 Å². The van der Waals surface area contributed by atoms with Crippen LogP contribution in [0.15, 0.2) is 36.4 Å². The molecule has 21 heavy (non-hydrogen) atoms. The van der Waals surface area contributed by atoms with Crippen molar-refractivity contribution in [3.8, 4) is 0 Å². The lowest BCUT2D eigenvalue weighted by Crippen LogP contribution is -2.05.